The van der Waals surface area contributed by atoms with Gasteiger partial charge < -0.3 is 9.47 Å². The number of carbonyl (C=O) groups is 1. The molecule has 4 bridgehead atoms. The van der Waals surface area contributed by atoms with E-state index < -0.39 is 0 Å². The van der Waals surface area contributed by atoms with Gasteiger partial charge in [0, 0.05) is 16.7 Å². The molecule has 0 heterocycles. The van der Waals surface area contributed by atoms with Crippen LogP contribution in [0.4, 0.5) is 0 Å². The van der Waals surface area contributed by atoms with E-state index in [1.165, 1.54) is 76.9 Å². The summed E-state index contributed by atoms with van der Waals surface area (Å²) in [6.45, 7) is 3.07. The summed E-state index contributed by atoms with van der Waals surface area (Å²) in [5.74, 6) is 10.1. The van der Waals surface area contributed by atoms with E-state index in [1.54, 1.807) is 12.1 Å². The maximum atomic E-state index is 11.7. The first-order chi connectivity index (χ1) is 17.6. The van der Waals surface area contributed by atoms with Gasteiger partial charge in [0.15, 0.2) is 0 Å². The van der Waals surface area contributed by atoms with E-state index >= 15 is 0 Å². The predicted octanol–water partition coefficient (Wildman–Crippen LogP) is 7.69. The lowest BCUT2D eigenvalue weighted by molar-refractivity contribution is -0.00641. The van der Waals surface area contributed by atoms with E-state index in [-0.39, 0.29) is 11.4 Å². The highest BCUT2D eigenvalue weighted by Gasteiger charge is 2.52. The van der Waals surface area contributed by atoms with Gasteiger partial charge >= 0.3 is 5.97 Å². The van der Waals surface area contributed by atoms with Crippen molar-refractivity contribution < 1.29 is 14.3 Å². The van der Waals surface area contributed by atoms with Gasteiger partial charge in [-0.25, -0.2) is 4.79 Å². The third kappa shape index (κ3) is 5.49. The quantitative estimate of drug-likeness (QED) is 0.208. The number of hydrogen-bond acceptors (Lipinski definition) is 3. The molecule has 36 heavy (non-hydrogen) atoms. The van der Waals surface area contributed by atoms with Crippen molar-refractivity contribution >= 4 is 5.97 Å². The van der Waals surface area contributed by atoms with E-state index in [9.17, 15) is 4.79 Å². The summed E-state index contributed by atoms with van der Waals surface area (Å²) in [6, 6.07) is 14.0. The molecule has 0 amide bonds. The molecule has 0 unspecified atom stereocenters. The molecule has 4 saturated carbocycles. The van der Waals surface area contributed by atoms with Crippen LogP contribution in [0.25, 0.3) is 0 Å². The van der Waals surface area contributed by atoms with Gasteiger partial charge in [0.25, 0.3) is 0 Å². The molecule has 3 nitrogen and oxygen atoms in total. The highest BCUT2D eigenvalue weighted by molar-refractivity contribution is 5.89. The fourth-order valence-electron chi connectivity index (χ4n) is 7.43. The maximum Gasteiger partial charge on any atom is 0.337 e. The number of rotatable bonds is 9. The molecular formula is C33H40O3. The first kappa shape index (κ1) is 24.9. The molecule has 2 aromatic rings. The minimum Gasteiger partial charge on any atom is -0.493 e. The molecule has 0 aliphatic heterocycles. The molecule has 4 aliphatic rings. The SMILES string of the molecule is CCCCCCCOc1ccc(C#Cc2ccc(C(=O)OC)cc2)cc1C12CC3CC(CC(C3)C1)C2. The molecule has 190 valence electrons. The van der Waals surface area contributed by atoms with Crippen molar-refractivity contribution in [3.8, 4) is 17.6 Å². The lowest BCUT2D eigenvalue weighted by Gasteiger charge is -2.57. The standard InChI is InChI=1S/C33H40O3/c1-3-4-5-6-7-16-36-31-15-12-25(9-8-24-10-13-29(14-11-24)32(34)35-2)20-30(31)33-21-26-17-27(22-33)19-28(18-26)23-33/h10-15,20,26-28H,3-7,16-19,21-23H2,1-2H3. The van der Waals surface area contributed by atoms with Gasteiger partial charge in [0.05, 0.1) is 19.3 Å². The molecule has 3 heteroatoms. The summed E-state index contributed by atoms with van der Waals surface area (Å²) < 4.78 is 11.3. The zero-order chi connectivity index (χ0) is 25.0. The summed E-state index contributed by atoms with van der Waals surface area (Å²) in [4.78, 5) is 11.7. The van der Waals surface area contributed by atoms with Gasteiger partial charge in [0.2, 0.25) is 0 Å². The number of carbonyl (C=O) groups excluding carboxylic acids is 1. The molecule has 2 aromatic carbocycles. The fraction of sp³-hybridized carbons (Fsp3) is 0.545. The van der Waals surface area contributed by atoms with Crippen LogP contribution < -0.4 is 4.74 Å². The van der Waals surface area contributed by atoms with Crippen LogP contribution in [0.5, 0.6) is 5.75 Å². The zero-order valence-corrected chi connectivity index (χ0v) is 22.0. The van der Waals surface area contributed by atoms with Crippen molar-refractivity contribution in [3.05, 3.63) is 64.7 Å². The Morgan fingerprint density at radius 1 is 0.861 bits per heavy atom. The minimum atomic E-state index is -0.323. The Morgan fingerprint density at radius 3 is 2.11 bits per heavy atom. The summed E-state index contributed by atoms with van der Waals surface area (Å²) >= 11 is 0. The van der Waals surface area contributed by atoms with Gasteiger partial charge in [-0.2, -0.15) is 0 Å². The van der Waals surface area contributed by atoms with Crippen LogP contribution in [0.1, 0.15) is 105 Å². The van der Waals surface area contributed by atoms with E-state index in [1.807, 2.05) is 12.1 Å². The van der Waals surface area contributed by atoms with E-state index in [4.69, 9.17) is 9.47 Å². The van der Waals surface area contributed by atoms with E-state index in [0.717, 1.165) is 47.7 Å². The number of esters is 1. The van der Waals surface area contributed by atoms with Gasteiger partial charge in [0.1, 0.15) is 5.75 Å². The Morgan fingerprint density at radius 2 is 1.47 bits per heavy atom. The van der Waals surface area contributed by atoms with Gasteiger partial charge in [-0.3, -0.25) is 0 Å². The van der Waals surface area contributed by atoms with Crippen molar-refractivity contribution in [1.82, 2.24) is 0 Å². The molecule has 0 atom stereocenters. The monoisotopic (exact) mass is 484 g/mol. The van der Waals surface area contributed by atoms with Crippen LogP contribution in [0.2, 0.25) is 0 Å². The number of unbranched alkanes of at least 4 members (excludes halogenated alkanes) is 4. The summed E-state index contributed by atoms with van der Waals surface area (Å²) in [7, 11) is 1.40. The van der Waals surface area contributed by atoms with Crippen LogP contribution in [-0.2, 0) is 10.2 Å². The summed E-state index contributed by atoms with van der Waals surface area (Å²) in [5.41, 5.74) is 4.18. The molecular weight excluding hydrogens is 444 g/mol. The Labute approximate surface area is 217 Å². The van der Waals surface area contributed by atoms with Crippen molar-refractivity contribution in [2.45, 2.75) is 83.0 Å². The first-order valence-corrected chi connectivity index (χ1v) is 14.1. The van der Waals surface area contributed by atoms with Crippen molar-refractivity contribution in [2.24, 2.45) is 17.8 Å². The normalized spacial score (nSPS) is 25.8. The topological polar surface area (TPSA) is 35.5 Å². The van der Waals surface area contributed by atoms with Crippen LogP contribution in [0.3, 0.4) is 0 Å². The molecule has 0 spiro atoms. The maximum absolute atomic E-state index is 11.7. The third-order valence-corrected chi connectivity index (χ3v) is 8.75. The lowest BCUT2D eigenvalue weighted by atomic mass is 9.48. The second-order valence-electron chi connectivity index (χ2n) is 11.5. The van der Waals surface area contributed by atoms with Crippen LogP contribution in [0, 0.1) is 29.6 Å². The Hall–Kier alpha value is -2.73. The largest absolute Gasteiger partial charge is 0.493 e. The van der Waals surface area contributed by atoms with Crippen LogP contribution in [-0.4, -0.2) is 19.7 Å². The first-order valence-electron chi connectivity index (χ1n) is 14.1. The second kappa shape index (κ2) is 11.1. The lowest BCUT2D eigenvalue weighted by Crippen LogP contribution is -2.48. The van der Waals surface area contributed by atoms with Crippen molar-refractivity contribution in [3.63, 3.8) is 0 Å². The summed E-state index contributed by atoms with van der Waals surface area (Å²) in [5, 5.41) is 0. The van der Waals surface area contributed by atoms with E-state index in [2.05, 4.69) is 37.0 Å². The Kier molecular flexibility index (Phi) is 7.70. The fourth-order valence-corrected chi connectivity index (χ4v) is 7.43. The average molecular weight is 485 g/mol. The van der Waals surface area contributed by atoms with E-state index in [0.29, 0.717) is 5.56 Å². The average Bonchev–Trinajstić information content (AvgIpc) is 2.89. The highest BCUT2D eigenvalue weighted by Crippen LogP contribution is 2.62. The Bertz CT molecular complexity index is 1080. The van der Waals surface area contributed by atoms with Crippen molar-refractivity contribution in [2.75, 3.05) is 13.7 Å². The zero-order valence-electron chi connectivity index (χ0n) is 22.0. The molecule has 0 radical (unpaired) electrons. The second-order valence-corrected chi connectivity index (χ2v) is 11.5. The molecule has 0 aromatic heterocycles. The number of methoxy groups -OCH3 is 1. The van der Waals surface area contributed by atoms with Crippen molar-refractivity contribution in [1.29, 1.82) is 0 Å². The van der Waals surface area contributed by atoms with Crippen LogP contribution in [0.15, 0.2) is 42.5 Å². The highest BCUT2D eigenvalue weighted by atomic mass is 16.5. The smallest absolute Gasteiger partial charge is 0.337 e. The summed E-state index contributed by atoms with van der Waals surface area (Å²) in [6.07, 6.45) is 14.5. The minimum absolute atomic E-state index is 0.270. The number of hydrogen-bond donors (Lipinski definition) is 0. The van der Waals surface area contributed by atoms with Crippen LogP contribution >= 0.6 is 0 Å². The Balaban J connectivity index is 1.38. The molecule has 0 saturated heterocycles. The molecule has 4 fully saturated rings. The molecule has 6 rings (SSSR count). The van der Waals surface area contributed by atoms with Gasteiger partial charge in [-0.1, -0.05) is 44.4 Å². The number of benzene rings is 2. The molecule has 4 aliphatic carbocycles. The predicted molar refractivity (Wildman–Crippen MR) is 144 cm³/mol. The van der Waals surface area contributed by atoms with Gasteiger partial charge in [-0.05, 0) is 111 Å². The molecule has 0 N–H and O–H groups in total. The third-order valence-electron chi connectivity index (χ3n) is 8.75. The number of ether oxygens (including phenoxy) is 2. The van der Waals surface area contributed by atoms with Gasteiger partial charge in [-0.15, -0.1) is 0 Å².